The van der Waals surface area contributed by atoms with Crippen molar-refractivity contribution in [3.63, 3.8) is 0 Å². The van der Waals surface area contributed by atoms with Crippen molar-refractivity contribution in [1.82, 2.24) is 0 Å². The predicted octanol–water partition coefficient (Wildman–Crippen LogP) is 5.15. The highest BCUT2D eigenvalue weighted by atomic mass is 32.1. The van der Waals surface area contributed by atoms with E-state index in [1.54, 1.807) is 60.8 Å². The van der Waals surface area contributed by atoms with Gasteiger partial charge in [-0.2, -0.15) is 0 Å². The van der Waals surface area contributed by atoms with Crippen LogP contribution in [-0.4, -0.2) is 20.1 Å². The van der Waals surface area contributed by atoms with Crippen LogP contribution in [0.5, 0.6) is 11.5 Å². The van der Waals surface area contributed by atoms with Gasteiger partial charge in [-0.3, -0.25) is 4.79 Å². The molecule has 0 N–H and O–H groups in total. The van der Waals surface area contributed by atoms with Crippen LogP contribution in [0, 0.1) is 5.82 Å². The number of hydrogen-bond acceptors (Lipinski definition) is 4. The smallest absolute Gasteiger partial charge is 0.251 e. The van der Waals surface area contributed by atoms with E-state index < -0.39 is 0 Å². The zero-order chi connectivity index (χ0) is 19.9. The summed E-state index contributed by atoms with van der Waals surface area (Å²) in [6.45, 7) is 0.415. The lowest BCUT2D eigenvalue weighted by molar-refractivity contribution is -0.114. The number of methoxy groups -OCH3 is 2. The number of thiophene rings is 1. The van der Waals surface area contributed by atoms with Gasteiger partial charge in [-0.25, -0.2) is 4.39 Å². The minimum Gasteiger partial charge on any atom is -0.493 e. The third-order valence-electron chi connectivity index (χ3n) is 4.12. The summed E-state index contributed by atoms with van der Waals surface area (Å²) in [5.74, 6) is 0.672. The van der Waals surface area contributed by atoms with Gasteiger partial charge in [-0.05, 0) is 59.5 Å². The number of halogens is 1. The van der Waals surface area contributed by atoms with Crippen molar-refractivity contribution in [1.29, 1.82) is 0 Å². The second-order valence-electron chi connectivity index (χ2n) is 5.93. The number of hydrogen-bond donors (Lipinski definition) is 0. The van der Waals surface area contributed by atoms with Gasteiger partial charge in [0.2, 0.25) is 0 Å². The highest BCUT2D eigenvalue weighted by molar-refractivity contribution is 7.09. The van der Waals surface area contributed by atoms with E-state index in [1.807, 2.05) is 23.6 Å². The topological polar surface area (TPSA) is 38.8 Å². The molecule has 0 fully saturated rings. The second-order valence-corrected chi connectivity index (χ2v) is 6.96. The molecule has 0 saturated heterocycles. The fourth-order valence-electron chi connectivity index (χ4n) is 2.69. The van der Waals surface area contributed by atoms with E-state index >= 15 is 0 Å². The first-order valence-corrected chi connectivity index (χ1v) is 9.48. The quantitative estimate of drug-likeness (QED) is 0.518. The van der Waals surface area contributed by atoms with Crippen molar-refractivity contribution in [2.45, 2.75) is 6.54 Å². The van der Waals surface area contributed by atoms with Crippen molar-refractivity contribution in [2.75, 3.05) is 19.1 Å². The maximum absolute atomic E-state index is 13.3. The highest BCUT2D eigenvalue weighted by Crippen LogP contribution is 2.28. The van der Waals surface area contributed by atoms with Gasteiger partial charge in [-0.1, -0.05) is 12.1 Å². The van der Waals surface area contributed by atoms with Gasteiger partial charge < -0.3 is 14.4 Å². The number of carbonyl (C=O) groups excluding carboxylic acids is 1. The molecule has 144 valence electrons. The average molecular weight is 397 g/mol. The Bertz CT molecular complexity index is 952. The number of carbonyl (C=O) groups is 1. The van der Waals surface area contributed by atoms with Crippen LogP contribution in [0.4, 0.5) is 10.1 Å². The van der Waals surface area contributed by atoms with Gasteiger partial charge in [0.1, 0.15) is 5.82 Å². The molecule has 28 heavy (non-hydrogen) atoms. The summed E-state index contributed by atoms with van der Waals surface area (Å²) in [4.78, 5) is 15.6. The molecule has 1 aromatic heterocycles. The summed E-state index contributed by atoms with van der Waals surface area (Å²) in [5.41, 5.74) is 1.44. The second kappa shape index (κ2) is 9.19. The summed E-state index contributed by atoms with van der Waals surface area (Å²) in [6.07, 6.45) is 3.22. The van der Waals surface area contributed by atoms with Gasteiger partial charge in [0.05, 0.1) is 20.8 Å². The first-order chi connectivity index (χ1) is 13.6. The highest BCUT2D eigenvalue weighted by Gasteiger charge is 2.15. The molecule has 1 heterocycles. The largest absolute Gasteiger partial charge is 0.493 e. The molecule has 6 heteroatoms. The maximum Gasteiger partial charge on any atom is 0.251 e. The number of nitrogens with zero attached hydrogens (tertiary/aromatic N) is 1. The molecular formula is C22H20FNO3S. The Morgan fingerprint density at radius 1 is 1.07 bits per heavy atom. The molecule has 0 radical (unpaired) electrons. The molecule has 0 bridgehead atoms. The van der Waals surface area contributed by atoms with Crippen molar-refractivity contribution in [3.8, 4) is 11.5 Å². The summed E-state index contributed by atoms with van der Waals surface area (Å²) in [6, 6.07) is 15.2. The minimum absolute atomic E-state index is 0.199. The molecule has 2 aromatic carbocycles. The maximum atomic E-state index is 13.3. The number of anilines is 1. The van der Waals surface area contributed by atoms with Crippen LogP contribution in [0.15, 0.2) is 66.1 Å². The monoisotopic (exact) mass is 397 g/mol. The van der Waals surface area contributed by atoms with E-state index in [4.69, 9.17) is 9.47 Å². The molecule has 0 unspecified atom stereocenters. The molecule has 4 nitrogen and oxygen atoms in total. The summed E-state index contributed by atoms with van der Waals surface area (Å²) in [5, 5.41) is 1.96. The number of amides is 1. The fraction of sp³-hybridized carbons (Fsp3) is 0.136. The van der Waals surface area contributed by atoms with E-state index in [1.165, 1.54) is 18.2 Å². The average Bonchev–Trinajstić information content (AvgIpc) is 3.24. The zero-order valence-corrected chi connectivity index (χ0v) is 16.4. The van der Waals surface area contributed by atoms with Crippen molar-refractivity contribution >= 4 is 29.0 Å². The Morgan fingerprint density at radius 3 is 2.46 bits per heavy atom. The molecule has 0 spiro atoms. The Labute approximate surface area is 167 Å². The standard InChI is InChI=1S/C22H20FNO3S/c1-26-20-11-5-16(14-21(20)27-2)6-12-22(25)24(15-19-4-3-13-28-19)18-9-7-17(23)8-10-18/h3-14H,15H2,1-2H3. The normalized spacial score (nSPS) is 10.8. The zero-order valence-electron chi connectivity index (χ0n) is 15.6. The van der Waals surface area contributed by atoms with Crippen molar-refractivity contribution in [2.24, 2.45) is 0 Å². The Kier molecular flexibility index (Phi) is 6.45. The lowest BCUT2D eigenvalue weighted by Gasteiger charge is -2.21. The SMILES string of the molecule is COc1ccc(C=CC(=O)N(Cc2cccs2)c2ccc(F)cc2)cc1OC. The van der Waals surface area contributed by atoms with E-state index in [2.05, 4.69) is 0 Å². The van der Waals surface area contributed by atoms with Crippen molar-refractivity contribution < 1.29 is 18.7 Å². The fourth-order valence-corrected chi connectivity index (χ4v) is 3.38. The molecule has 3 rings (SSSR count). The van der Waals surface area contributed by atoms with E-state index in [0.717, 1.165) is 10.4 Å². The number of benzene rings is 2. The molecule has 0 aliphatic rings. The summed E-state index contributed by atoms with van der Waals surface area (Å²) < 4.78 is 23.8. The molecule has 0 atom stereocenters. The van der Waals surface area contributed by atoms with Gasteiger partial charge in [-0.15, -0.1) is 11.3 Å². The van der Waals surface area contributed by atoms with Crippen LogP contribution < -0.4 is 14.4 Å². The lowest BCUT2D eigenvalue weighted by atomic mass is 10.1. The van der Waals surface area contributed by atoms with E-state index in [-0.39, 0.29) is 11.7 Å². The van der Waals surface area contributed by atoms with Gasteiger partial charge in [0.25, 0.3) is 5.91 Å². The first-order valence-electron chi connectivity index (χ1n) is 8.60. The molecule has 3 aromatic rings. The van der Waals surface area contributed by atoms with E-state index in [9.17, 15) is 9.18 Å². The molecule has 0 aliphatic heterocycles. The van der Waals surface area contributed by atoms with Gasteiger partial charge in [0.15, 0.2) is 11.5 Å². The molecular weight excluding hydrogens is 377 g/mol. The summed E-state index contributed by atoms with van der Waals surface area (Å²) in [7, 11) is 3.13. The molecule has 0 saturated carbocycles. The Morgan fingerprint density at radius 2 is 1.82 bits per heavy atom. The van der Waals surface area contributed by atoms with Crippen LogP contribution in [-0.2, 0) is 11.3 Å². The van der Waals surface area contributed by atoms with Crippen molar-refractivity contribution in [3.05, 3.63) is 82.3 Å². The van der Waals surface area contributed by atoms with Crippen LogP contribution in [0.25, 0.3) is 6.08 Å². The number of rotatable bonds is 7. The first kappa shape index (κ1) is 19.6. The van der Waals surface area contributed by atoms with Gasteiger partial charge in [0, 0.05) is 16.6 Å². The van der Waals surface area contributed by atoms with Gasteiger partial charge >= 0.3 is 0 Å². The van der Waals surface area contributed by atoms with Crippen LogP contribution >= 0.6 is 11.3 Å². The Hall–Kier alpha value is -3.12. The number of ether oxygens (including phenoxy) is 2. The predicted molar refractivity (Wildman–Crippen MR) is 110 cm³/mol. The minimum atomic E-state index is -0.340. The molecule has 1 amide bonds. The lowest BCUT2D eigenvalue weighted by Crippen LogP contribution is -2.28. The third-order valence-corrected chi connectivity index (χ3v) is 4.99. The third kappa shape index (κ3) is 4.78. The Balaban J connectivity index is 1.84. The van der Waals surface area contributed by atoms with Crippen LogP contribution in [0.1, 0.15) is 10.4 Å². The summed E-state index contributed by atoms with van der Waals surface area (Å²) >= 11 is 1.57. The molecule has 0 aliphatic carbocycles. The van der Waals surface area contributed by atoms with E-state index in [0.29, 0.717) is 23.7 Å². The van der Waals surface area contributed by atoms with Crippen LogP contribution in [0.2, 0.25) is 0 Å². The van der Waals surface area contributed by atoms with Crippen LogP contribution in [0.3, 0.4) is 0 Å².